The molecule has 0 fully saturated rings. The van der Waals surface area contributed by atoms with E-state index in [-0.39, 0.29) is 6.42 Å². The zero-order chi connectivity index (χ0) is 14.8. The lowest BCUT2D eigenvalue weighted by Gasteiger charge is -2.24. The summed E-state index contributed by atoms with van der Waals surface area (Å²) in [6.07, 6.45) is -4.29. The molecule has 0 spiro atoms. The second-order valence-electron chi connectivity index (χ2n) is 4.78. The van der Waals surface area contributed by atoms with E-state index >= 15 is 0 Å². The summed E-state index contributed by atoms with van der Waals surface area (Å²) < 4.78 is 43.9. The zero-order valence-electron chi connectivity index (χ0n) is 11.0. The Morgan fingerprint density at radius 2 is 2.05 bits per heavy atom. The molecular weight excluding hydrogens is 271 g/mol. The molecular formula is C14H16F3NO2. The van der Waals surface area contributed by atoms with Gasteiger partial charge in [-0.1, -0.05) is 38.0 Å². The first-order valence-electron chi connectivity index (χ1n) is 6.56. The molecule has 110 valence electrons. The minimum absolute atomic E-state index is 0.0315. The van der Waals surface area contributed by atoms with E-state index in [1.165, 1.54) is 0 Å². The predicted molar refractivity (Wildman–Crippen MR) is 67.1 cm³/mol. The highest BCUT2D eigenvalue weighted by Crippen LogP contribution is 2.32. The number of alkyl halides is 3. The van der Waals surface area contributed by atoms with Gasteiger partial charge in [0.2, 0.25) is 0 Å². The first kappa shape index (κ1) is 14.8. The summed E-state index contributed by atoms with van der Waals surface area (Å²) in [6, 6.07) is 4.80. The van der Waals surface area contributed by atoms with Gasteiger partial charge in [0.05, 0.1) is 5.56 Å². The fourth-order valence-corrected chi connectivity index (χ4v) is 2.20. The van der Waals surface area contributed by atoms with Gasteiger partial charge in [0, 0.05) is 5.56 Å². The molecule has 1 aliphatic heterocycles. The Morgan fingerprint density at radius 3 is 2.70 bits per heavy atom. The molecule has 0 saturated heterocycles. The van der Waals surface area contributed by atoms with Crippen molar-refractivity contribution in [3.8, 4) is 0 Å². The largest absolute Gasteiger partial charge is 0.439 e. The summed E-state index contributed by atoms with van der Waals surface area (Å²) >= 11 is 0. The number of rotatable bonds is 5. The van der Waals surface area contributed by atoms with Crippen LogP contribution in [0, 0.1) is 0 Å². The number of nitrogens with one attached hydrogen (secondary N) is 1. The fraction of sp³-hybridized carbons (Fsp3) is 0.500. The Hall–Kier alpha value is -1.56. The third-order valence-corrected chi connectivity index (χ3v) is 3.28. The van der Waals surface area contributed by atoms with Gasteiger partial charge in [-0.25, -0.2) is 4.79 Å². The number of carbonyl (C=O) groups is 1. The number of fused-ring (bicyclic) bond motifs is 1. The summed E-state index contributed by atoms with van der Waals surface area (Å²) in [5.41, 5.74) is 0.782. The molecule has 6 heteroatoms. The van der Waals surface area contributed by atoms with E-state index in [4.69, 9.17) is 4.74 Å². The lowest BCUT2D eigenvalue weighted by Crippen LogP contribution is -2.44. The highest BCUT2D eigenvalue weighted by molar-refractivity contribution is 5.93. The number of halogens is 3. The van der Waals surface area contributed by atoms with Gasteiger partial charge < -0.3 is 4.74 Å². The Balaban J connectivity index is 2.14. The SMILES string of the molecule is CCCCC(NC1OC(=O)c2ccccc21)C(F)(F)F. The maximum Gasteiger partial charge on any atom is 0.403 e. The topological polar surface area (TPSA) is 38.3 Å². The van der Waals surface area contributed by atoms with Gasteiger partial charge in [-0.3, -0.25) is 5.32 Å². The number of hydrogen-bond donors (Lipinski definition) is 1. The van der Waals surface area contributed by atoms with Crippen LogP contribution < -0.4 is 5.32 Å². The quantitative estimate of drug-likeness (QED) is 0.841. The molecule has 1 aromatic rings. The van der Waals surface area contributed by atoms with Gasteiger partial charge in [-0.15, -0.1) is 0 Å². The Kier molecular flexibility index (Phi) is 4.32. The van der Waals surface area contributed by atoms with E-state index in [1.807, 2.05) is 6.92 Å². The normalized spacial score (nSPS) is 19.6. The van der Waals surface area contributed by atoms with Crippen molar-refractivity contribution in [2.75, 3.05) is 0 Å². The molecule has 0 saturated carbocycles. The Morgan fingerprint density at radius 1 is 1.35 bits per heavy atom. The van der Waals surface area contributed by atoms with Crippen molar-refractivity contribution in [3.63, 3.8) is 0 Å². The van der Waals surface area contributed by atoms with Crippen molar-refractivity contribution < 1.29 is 22.7 Å². The molecule has 2 unspecified atom stereocenters. The number of unbranched alkanes of at least 4 members (excludes halogenated alkanes) is 1. The lowest BCUT2D eigenvalue weighted by molar-refractivity contribution is -0.165. The highest BCUT2D eigenvalue weighted by atomic mass is 19.4. The molecule has 3 nitrogen and oxygen atoms in total. The van der Waals surface area contributed by atoms with Gasteiger partial charge in [0.1, 0.15) is 6.04 Å². The molecule has 2 atom stereocenters. The molecule has 1 N–H and O–H groups in total. The summed E-state index contributed by atoms with van der Waals surface area (Å²) in [7, 11) is 0. The molecule has 0 bridgehead atoms. The van der Waals surface area contributed by atoms with Crippen molar-refractivity contribution in [1.29, 1.82) is 0 Å². The smallest absolute Gasteiger partial charge is 0.403 e. The molecule has 0 radical (unpaired) electrons. The third kappa shape index (κ3) is 3.12. The average molecular weight is 287 g/mol. The molecule has 0 aliphatic carbocycles. The van der Waals surface area contributed by atoms with Crippen LogP contribution in [-0.4, -0.2) is 18.2 Å². The molecule has 1 aromatic carbocycles. The molecule has 20 heavy (non-hydrogen) atoms. The van der Waals surface area contributed by atoms with Crippen molar-refractivity contribution in [1.82, 2.24) is 5.32 Å². The second kappa shape index (κ2) is 5.83. The number of ether oxygens (including phenoxy) is 1. The second-order valence-corrected chi connectivity index (χ2v) is 4.78. The average Bonchev–Trinajstić information content (AvgIpc) is 2.71. The van der Waals surface area contributed by atoms with E-state index in [0.29, 0.717) is 24.0 Å². The molecule has 0 amide bonds. The zero-order valence-corrected chi connectivity index (χ0v) is 11.0. The minimum Gasteiger partial charge on any atom is -0.439 e. The van der Waals surface area contributed by atoms with Crippen LogP contribution >= 0.6 is 0 Å². The standard InChI is InChI=1S/C14H16F3NO2/c1-2-3-8-11(14(15,16)17)18-12-9-6-4-5-7-10(9)13(19)20-12/h4-7,11-12,18H,2-3,8H2,1H3. The van der Waals surface area contributed by atoms with Crippen molar-refractivity contribution in [2.24, 2.45) is 0 Å². The molecule has 1 heterocycles. The van der Waals surface area contributed by atoms with Gasteiger partial charge in [0.15, 0.2) is 6.23 Å². The number of carbonyl (C=O) groups excluding carboxylic acids is 1. The highest BCUT2D eigenvalue weighted by Gasteiger charge is 2.42. The van der Waals surface area contributed by atoms with E-state index in [9.17, 15) is 18.0 Å². The monoisotopic (exact) mass is 287 g/mol. The summed E-state index contributed by atoms with van der Waals surface area (Å²) in [4.78, 5) is 11.6. The molecule has 2 rings (SSSR count). The number of esters is 1. The predicted octanol–water partition coefficient (Wildman–Crippen LogP) is 3.57. The van der Waals surface area contributed by atoms with Gasteiger partial charge in [-0.05, 0) is 12.5 Å². The number of hydrogen-bond acceptors (Lipinski definition) is 3. The fourth-order valence-electron chi connectivity index (χ4n) is 2.20. The van der Waals surface area contributed by atoms with Gasteiger partial charge >= 0.3 is 12.1 Å². The summed E-state index contributed by atoms with van der Waals surface area (Å²) in [5, 5.41) is 2.41. The molecule has 1 aliphatic rings. The van der Waals surface area contributed by atoms with Crippen molar-refractivity contribution >= 4 is 5.97 Å². The minimum atomic E-state index is -4.36. The van der Waals surface area contributed by atoms with E-state index in [1.54, 1.807) is 24.3 Å². The Labute approximate surface area is 115 Å². The van der Waals surface area contributed by atoms with Crippen LogP contribution in [0.4, 0.5) is 13.2 Å². The van der Waals surface area contributed by atoms with E-state index < -0.39 is 24.4 Å². The van der Waals surface area contributed by atoms with Crippen molar-refractivity contribution in [2.45, 2.75) is 44.6 Å². The van der Waals surface area contributed by atoms with Gasteiger partial charge in [-0.2, -0.15) is 13.2 Å². The molecule has 0 aromatic heterocycles. The number of benzene rings is 1. The van der Waals surface area contributed by atoms with Gasteiger partial charge in [0.25, 0.3) is 0 Å². The number of cyclic esters (lactones) is 1. The van der Waals surface area contributed by atoms with Crippen LogP contribution in [0.5, 0.6) is 0 Å². The summed E-state index contributed by atoms with van der Waals surface area (Å²) in [5.74, 6) is -0.588. The van der Waals surface area contributed by atoms with Crippen LogP contribution in [0.15, 0.2) is 24.3 Å². The maximum absolute atomic E-state index is 13.0. The summed E-state index contributed by atoms with van der Waals surface area (Å²) in [6.45, 7) is 1.83. The van der Waals surface area contributed by atoms with E-state index in [0.717, 1.165) is 0 Å². The van der Waals surface area contributed by atoms with Crippen LogP contribution in [0.25, 0.3) is 0 Å². The Bertz CT molecular complexity index is 488. The first-order chi connectivity index (χ1) is 9.43. The van der Waals surface area contributed by atoms with Crippen LogP contribution in [0.2, 0.25) is 0 Å². The van der Waals surface area contributed by atoms with Crippen molar-refractivity contribution in [3.05, 3.63) is 35.4 Å². The van der Waals surface area contributed by atoms with Crippen LogP contribution in [0.1, 0.15) is 48.3 Å². The first-order valence-corrected chi connectivity index (χ1v) is 6.56. The van der Waals surface area contributed by atoms with E-state index in [2.05, 4.69) is 5.32 Å². The lowest BCUT2D eigenvalue weighted by atomic mass is 10.1. The third-order valence-electron chi connectivity index (χ3n) is 3.28. The maximum atomic E-state index is 13.0. The van der Waals surface area contributed by atoms with Crippen LogP contribution in [-0.2, 0) is 4.74 Å². The van der Waals surface area contributed by atoms with Crippen LogP contribution in [0.3, 0.4) is 0 Å².